The molecule has 1 aliphatic rings. The summed E-state index contributed by atoms with van der Waals surface area (Å²) in [6, 6.07) is 5.96. The zero-order valence-electron chi connectivity index (χ0n) is 15.8. The molecule has 0 spiro atoms. The second-order valence-corrected chi connectivity index (χ2v) is 7.12. The van der Waals surface area contributed by atoms with E-state index in [0.717, 1.165) is 17.9 Å². The number of nitrogens with one attached hydrogen (secondary N) is 1. The molecule has 1 atom stereocenters. The molecule has 3 amide bonds. The third-order valence-corrected chi connectivity index (χ3v) is 4.22. The lowest BCUT2D eigenvalue weighted by Crippen LogP contribution is -3.00. The molecule has 0 saturated carbocycles. The normalized spacial score (nSPS) is 14.5. The zero-order chi connectivity index (χ0) is 18.6. The molecule has 7 heteroatoms. The highest BCUT2D eigenvalue weighted by atomic mass is 35.5. The average Bonchev–Trinajstić information content (AvgIpc) is 2.81. The molecule has 0 bridgehead atoms. The fraction of sp³-hybridized carbons (Fsp3) is 0.526. The molecular formula is C19H27ClN3O3-. The van der Waals surface area contributed by atoms with Gasteiger partial charge in [0, 0.05) is 6.54 Å². The Hall–Kier alpha value is -1.92. The van der Waals surface area contributed by atoms with Crippen LogP contribution in [0, 0.1) is 5.92 Å². The van der Waals surface area contributed by atoms with Crippen molar-refractivity contribution in [3.63, 3.8) is 0 Å². The van der Waals surface area contributed by atoms with Gasteiger partial charge >= 0.3 is 0 Å². The van der Waals surface area contributed by atoms with Gasteiger partial charge in [-0.3, -0.25) is 19.3 Å². The summed E-state index contributed by atoms with van der Waals surface area (Å²) in [5.74, 6) is -0.840. The summed E-state index contributed by atoms with van der Waals surface area (Å²) in [6.07, 6.45) is 1.26. The van der Waals surface area contributed by atoms with Gasteiger partial charge in [0.1, 0.15) is 6.04 Å². The van der Waals surface area contributed by atoms with Gasteiger partial charge in [0.05, 0.1) is 11.1 Å². The number of fused-ring (bicyclic) bond motifs is 1. The first kappa shape index (κ1) is 22.1. The van der Waals surface area contributed by atoms with E-state index in [1.54, 1.807) is 24.3 Å². The van der Waals surface area contributed by atoms with Crippen LogP contribution in [0.2, 0.25) is 0 Å². The predicted octanol–water partition coefficient (Wildman–Crippen LogP) is -1.23. The Bertz CT molecular complexity index is 626. The predicted molar refractivity (Wildman–Crippen MR) is 96.4 cm³/mol. The number of imide groups is 1. The van der Waals surface area contributed by atoms with Gasteiger partial charge in [0.2, 0.25) is 5.91 Å². The highest BCUT2D eigenvalue weighted by Crippen LogP contribution is 2.26. The lowest BCUT2D eigenvalue weighted by atomic mass is 10.0. The van der Waals surface area contributed by atoms with Crippen molar-refractivity contribution in [2.24, 2.45) is 5.92 Å². The van der Waals surface area contributed by atoms with E-state index in [1.807, 2.05) is 32.8 Å². The van der Waals surface area contributed by atoms with Crippen molar-refractivity contribution in [2.45, 2.75) is 32.7 Å². The van der Waals surface area contributed by atoms with Gasteiger partial charge in [-0.05, 0) is 51.5 Å². The SMILES string of the molecule is CC(C)CC(C(=O)NCCCN(C)C)N1C(=O)c2ccccc2C1=O.[Cl-]. The first-order chi connectivity index (χ1) is 11.8. The van der Waals surface area contributed by atoms with E-state index in [2.05, 4.69) is 5.32 Å². The van der Waals surface area contributed by atoms with Crippen LogP contribution in [0.5, 0.6) is 0 Å². The van der Waals surface area contributed by atoms with Crippen LogP contribution in [0.15, 0.2) is 24.3 Å². The number of hydrogen-bond donors (Lipinski definition) is 1. The van der Waals surface area contributed by atoms with Crippen LogP contribution in [-0.4, -0.2) is 60.7 Å². The van der Waals surface area contributed by atoms with Crippen LogP contribution in [0.25, 0.3) is 0 Å². The Morgan fingerprint density at radius 1 is 1.12 bits per heavy atom. The van der Waals surface area contributed by atoms with E-state index < -0.39 is 6.04 Å². The molecule has 144 valence electrons. The molecule has 0 fully saturated rings. The summed E-state index contributed by atoms with van der Waals surface area (Å²) in [5, 5.41) is 2.88. The van der Waals surface area contributed by atoms with E-state index >= 15 is 0 Å². The van der Waals surface area contributed by atoms with Gasteiger partial charge in [-0.25, -0.2) is 0 Å². The summed E-state index contributed by atoms with van der Waals surface area (Å²) in [5.41, 5.74) is 0.753. The van der Waals surface area contributed by atoms with Crippen molar-refractivity contribution in [1.29, 1.82) is 0 Å². The summed E-state index contributed by atoms with van der Waals surface area (Å²) < 4.78 is 0. The van der Waals surface area contributed by atoms with E-state index in [9.17, 15) is 14.4 Å². The zero-order valence-corrected chi connectivity index (χ0v) is 16.5. The number of amides is 3. The first-order valence-electron chi connectivity index (χ1n) is 8.72. The maximum atomic E-state index is 12.7. The lowest BCUT2D eigenvalue weighted by molar-refractivity contribution is -0.125. The molecule has 2 rings (SSSR count). The van der Waals surface area contributed by atoms with E-state index in [4.69, 9.17) is 0 Å². The van der Waals surface area contributed by atoms with Crippen molar-refractivity contribution >= 4 is 17.7 Å². The lowest BCUT2D eigenvalue weighted by Gasteiger charge is -2.26. The monoisotopic (exact) mass is 380 g/mol. The Labute approximate surface area is 161 Å². The summed E-state index contributed by atoms with van der Waals surface area (Å²) in [7, 11) is 3.95. The molecule has 0 saturated heterocycles. The van der Waals surface area contributed by atoms with Gasteiger partial charge in [0.15, 0.2) is 0 Å². The minimum absolute atomic E-state index is 0. The molecule has 0 aliphatic carbocycles. The van der Waals surface area contributed by atoms with Crippen LogP contribution in [0.3, 0.4) is 0 Å². The fourth-order valence-electron chi connectivity index (χ4n) is 2.99. The topological polar surface area (TPSA) is 69.7 Å². The van der Waals surface area contributed by atoms with Crippen LogP contribution >= 0.6 is 0 Å². The highest BCUT2D eigenvalue weighted by Gasteiger charge is 2.42. The molecule has 1 unspecified atom stereocenters. The summed E-state index contributed by atoms with van der Waals surface area (Å²) >= 11 is 0. The van der Waals surface area contributed by atoms with Gasteiger partial charge in [-0.1, -0.05) is 26.0 Å². The second kappa shape index (κ2) is 9.69. The van der Waals surface area contributed by atoms with Crippen LogP contribution in [-0.2, 0) is 4.79 Å². The van der Waals surface area contributed by atoms with Crippen molar-refractivity contribution in [3.05, 3.63) is 35.4 Å². The standard InChI is InChI=1S/C19H27N3O3.ClH/c1-13(2)12-16(17(23)20-10-7-11-21(3)4)22-18(24)14-8-5-6-9-15(14)19(22)25;/h5-6,8-9,13,16H,7,10-12H2,1-4H3,(H,20,23);1H/p-1. The Morgan fingerprint density at radius 2 is 1.65 bits per heavy atom. The number of carbonyl (C=O) groups is 3. The van der Waals surface area contributed by atoms with Gasteiger partial charge in [0.25, 0.3) is 11.8 Å². The molecule has 0 aromatic heterocycles. The molecule has 1 N–H and O–H groups in total. The van der Waals surface area contributed by atoms with E-state index in [0.29, 0.717) is 24.1 Å². The minimum Gasteiger partial charge on any atom is -1.00 e. The molecule has 1 aliphatic heterocycles. The van der Waals surface area contributed by atoms with Gasteiger partial charge < -0.3 is 22.6 Å². The Morgan fingerprint density at radius 3 is 2.12 bits per heavy atom. The molecule has 0 radical (unpaired) electrons. The Balaban J connectivity index is 0.00000338. The van der Waals surface area contributed by atoms with E-state index in [1.165, 1.54) is 0 Å². The van der Waals surface area contributed by atoms with Gasteiger partial charge in [-0.15, -0.1) is 0 Å². The highest BCUT2D eigenvalue weighted by molar-refractivity contribution is 6.22. The van der Waals surface area contributed by atoms with Crippen molar-refractivity contribution in [3.8, 4) is 0 Å². The maximum absolute atomic E-state index is 12.7. The second-order valence-electron chi connectivity index (χ2n) is 7.12. The van der Waals surface area contributed by atoms with Crippen molar-refractivity contribution in [2.75, 3.05) is 27.2 Å². The maximum Gasteiger partial charge on any atom is 0.262 e. The van der Waals surface area contributed by atoms with Gasteiger partial charge in [-0.2, -0.15) is 0 Å². The molecule has 1 aromatic rings. The number of rotatable bonds is 8. The molecule has 26 heavy (non-hydrogen) atoms. The van der Waals surface area contributed by atoms with E-state index in [-0.39, 0.29) is 36.0 Å². The number of benzene rings is 1. The fourth-order valence-corrected chi connectivity index (χ4v) is 2.99. The number of nitrogens with zero attached hydrogens (tertiary/aromatic N) is 2. The molecule has 1 aromatic carbocycles. The van der Waals surface area contributed by atoms with Crippen LogP contribution < -0.4 is 17.7 Å². The van der Waals surface area contributed by atoms with Crippen LogP contribution in [0.1, 0.15) is 47.4 Å². The quantitative estimate of drug-likeness (QED) is 0.453. The summed E-state index contributed by atoms with van der Waals surface area (Å²) in [6.45, 7) is 5.34. The number of halogens is 1. The van der Waals surface area contributed by atoms with Crippen molar-refractivity contribution < 1.29 is 26.8 Å². The van der Waals surface area contributed by atoms with Crippen LogP contribution in [0.4, 0.5) is 0 Å². The minimum atomic E-state index is -0.772. The largest absolute Gasteiger partial charge is 1.00 e. The number of carbonyl (C=O) groups excluding carboxylic acids is 3. The third kappa shape index (κ3) is 5.05. The summed E-state index contributed by atoms with van der Waals surface area (Å²) in [4.78, 5) is 41.2. The molecule has 6 nitrogen and oxygen atoms in total. The van der Waals surface area contributed by atoms with Crippen molar-refractivity contribution in [1.82, 2.24) is 15.1 Å². The molecular weight excluding hydrogens is 354 g/mol. The first-order valence-corrected chi connectivity index (χ1v) is 8.72. The third-order valence-electron chi connectivity index (χ3n) is 4.22. The smallest absolute Gasteiger partial charge is 0.262 e. The Kier molecular flexibility index (Phi) is 8.24. The average molecular weight is 381 g/mol. The molecule has 1 heterocycles. The number of hydrogen-bond acceptors (Lipinski definition) is 4.